The summed E-state index contributed by atoms with van der Waals surface area (Å²) >= 11 is 0. The van der Waals surface area contributed by atoms with E-state index in [4.69, 9.17) is 4.42 Å². The van der Waals surface area contributed by atoms with Crippen molar-refractivity contribution in [1.82, 2.24) is 15.2 Å². The third-order valence-electron chi connectivity index (χ3n) is 3.07. The first-order valence-electron chi connectivity index (χ1n) is 5.98. The first-order valence-corrected chi connectivity index (χ1v) is 5.98. The molecule has 2 amide bonds. The molecule has 98 valence electrons. The molecule has 1 atom stereocenters. The second kappa shape index (κ2) is 4.80. The number of carbonyl (C=O) groups excluding carboxylic acids is 2. The molecule has 0 aliphatic carbocycles. The number of rotatable bonds is 2. The van der Waals surface area contributed by atoms with Crippen LogP contribution in [-0.2, 0) is 16.1 Å². The van der Waals surface area contributed by atoms with Crippen LogP contribution in [0.1, 0.15) is 30.7 Å². The Labute approximate surface area is 105 Å². The summed E-state index contributed by atoms with van der Waals surface area (Å²) in [6.07, 6.45) is 0.314. The fraction of sp³-hybridized carbons (Fsp3) is 0.583. The Bertz CT molecular complexity index is 461. The number of hydrogen-bond acceptors (Lipinski definition) is 4. The molecule has 1 aliphatic rings. The van der Waals surface area contributed by atoms with Crippen molar-refractivity contribution < 1.29 is 14.0 Å². The normalized spacial score (nSPS) is 20.8. The molecular weight excluding hydrogens is 234 g/mol. The predicted molar refractivity (Wildman–Crippen MR) is 63.6 cm³/mol. The molecule has 0 saturated carbocycles. The van der Waals surface area contributed by atoms with Crippen LogP contribution >= 0.6 is 0 Å². The average molecular weight is 251 g/mol. The minimum atomic E-state index is -0.489. The van der Waals surface area contributed by atoms with E-state index in [1.54, 1.807) is 11.8 Å². The summed E-state index contributed by atoms with van der Waals surface area (Å²) in [6, 6.07) is -0.489. The fourth-order valence-electron chi connectivity index (χ4n) is 1.92. The van der Waals surface area contributed by atoms with E-state index in [0.29, 0.717) is 25.4 Å². The van der Waals surface area contributed by atoms with Gasteiger partial charge in [-0.1, -0.05) is 0 Å². The molecule has 1 unspecified atom stereocenters. The van der Waals surface area contributed by atoms with Crippen molar-refractivity contribution in [1.29, 1.82) is 0 Å². The minimum Gasteiger partial charge on any atom is -0.444 e. The summed E-state index contributed by atoms with van der Waals surface area (Å²) < 4.78 is 5.46. The maximum absolute atomic E-state index is 12.0. The lowest BCUT2D eigenvalue weighted by molar-refractivity contribution is -0.133. The average Bonchev–Trinajstić information content (AvgIpc) is 2.56. The number of oxazole rings is 1. The molecule has 0 radical (unpaired) electrons. The summed E-state index contributed by atoms with van der Waals surface area (Å²) in [5.41, 5.74) is 0.828. The zero-order valence-corrected chi connectivity index (χ0v) is 10.8. The van der Waals surface area contributed by atoms with E-state index in [1.807, 2.05) is 13.8 Å². The largest absolute Gasteiger partial charge is 0.444 e. The molecule has 6 heteroatoms. The van der Waals surface area contributed by atoms with Crippen molar-refractivity contribution in [2.24, 2.45) is 0 Å². The third kappa shape index (κ3) is 2.52. The van der Waals surface area contributed by atoms with Crippen LogP contribution < -0.4 is 5.32 Å². The van der Waals surface area contributed by atoms with Gasteiger partial charge in [-0.2, -0.15) is 0 Å². The molecule has 0 spiro atoms. The molecule has 6 nitrogen and oxygen atoms in total. The summed E-state index contributed by atoms with van der Waals surface area (Å²) in [5, 5.41) is 2.64. The molecule has 1 fully saturated rings. The van der Waals surface area contributed by atoms with Gasteiger partial charge in [0, 0.05) is 13.0 Å². The van der Waals surface area contributed by atoms with Crippen LogP contribution in [0.4, 0.5) is 0 Å². The Morgan fingerprint density at radius 1 is 1.44 bits per heavy atom. The highest BCUT2D eigenvalue weighted by Gasteiger charge is 2.27. The highest BCUT2D eigenvalue weighted by atomic mass is 16.4. The first-order chi connectivity index (χ1) is 8.47. The molecule has 1 aromatic rings. The Morgan fingerprint density at radius 3 is 2.78 bits per heavy atom. The molecular formula is C12H17N3O3. The van der Waals surface area contributed by atoms with Gasteiger partial charge in [0.2, 0.25) is 17.7 Å². The molecule has 0 bridgehead atoms. The van der Waals surface area contributed by atoms with Crippen LogP contribution in [0.5, 0.6) is 0 Å². The smallest absolute Gasteiger partial charge is 0.245 e. The van der Waals surface area contributed by atoms with Crippen LogP contribution in [0.2, 0.25) is 0 Å². The molecule has 1 N–H and O–H groups in total. The van der Waals surface area contributed by atoms with Gasteiger partial charge < -0.3 is 14.6 Å². The van der Waals surface area contributed by atoms with Gasteiger partial charge in [0.05, 0.1) is 12.2 Å². The van der Waals surface area contributed by atoms with Gasteiger partial charge in [-0.3, -0.25) is 9.59 Å². The van der Waals surface area contributed by atoms with Crippen LogP contribution in [0, 0.1) is 13.8 Å². The van der Waals surface area contributed by atoms with E-state index in [-0.39, 0.29) is 11.8 Å². The quantitative estimate of drug-likeness (QED) is 0.831. The van der Waals surface area contributed by atoms with E-state index >= 15 is 0 Å². The Kier molecular flexibility index (Phi) is 3.36. The molecule has 1 aromatic heterocycles. The van der Waals surface area contributed by atoms with E-state index in [9.17, 15) is 9.59 Å². The van der Waals surface area contributed by atoms with Crippen molar-refractivity contribution in [2.45, 2.75) is 39.8 Å². The van der Waals surface area contributed by atoms with Crippen molar-refractivity contribution in [3.05, 3.63) is 17.3 Å². The van der Waals surface area contributed by atoms with Crippen LogP contribution in [0.25, 0.3) is 0 Å². The van der Waals surface area contributed by atoms with Crippen molar-refractivity contribution in [3.63, 3.8) is 0 Å². The van der Waals surface area contributed by atoms with Crippen molar-refractivity contribution in [2.75, 3.05) is 6.54 Å². The van der Waals surface area contributed by atoms with Crippen LogP contribution in [0.15, 0.2) is 4.42 Å². The lowest BCUT2D eigenvalue weighted by Crippen LogP contribution is -2.42. The summed E-state index contributed by atoms with van der Waals surface area (Å²) in [4.78, 5) is 29.2. The van der Waals surface area contributed by atoms with Crippen molar-refractivity contribution in [3.8, 4) is 0 Å². The van der Waals surface area contributed by atoms with Gasteiger partial charge in [0.15, 0.2) is 0 Å². The Morgan fingerprint density at radius 2 is 2.17 bits per heavy atom. The van der Waals surface area contributed by atoms with Crippen LogP contribution in [0.3, 0.4) is 0 Å². The zero-order valence-electron chi connectivity index (χ0n) is 10.8. The predicted octanol–water partition coefficient (Wildman–Crippen LogP) is 0.528. The standard InChI is InChI=1S/C12H17N3O3/c1-7-9(3)18-11(14-7)6-15-5-4-10(16)13-8(2)12(15)17/h8H,4-6H2,1-3H3,(H,13,16). The number of amides is 2. The second-order valence-corrected chi connectivity index (χ2v) is 4.55. The number of aryl methyl sites for hydroxylation is 2. The third-order valence-corrected chi connectivity index (χ3v) is 3.07. The zero-order chi connectivity index (χ0) is 13.3. The highest BCUT2D eigenvalue weighted by Crippen LogP contribution is 2.13. The fourth-order valence-corrected chi connectivity index (χ4v) is 1.92. The van der Waals surface area contributed by atoms with Gasteiger partial charge >= 0.3 is 0 Å². The van der Waals surface area contributed by atoms with Gasteiger partial charge in [0.25, 0.3) is 0 Å². The summed E-state index contributed by atoms with van der Waals surface area (Å²) in [5.74, 6) is 1.07. The maximum Gasteiger partial charge on any atom is 0.245 e. The monoisotopic (exact) mass is 251 g/mol. The van der Waals surface area contributed by atoms with Crippen LogP contribution in [-0.4, -0.2) is 34.3 Å². The SMILES string of the molecule is Cc1nc(CN2CCC(=O)NC(C)C2=O)oc1C. The first kappa shape index (κ1) is 12.6. The maximum atomic E-state index is 12.0. The molecule has 2 rings (SSSR count). The molecule has 1 saturated heterocycles. The van der Waals surface area contributed by atoms with E-state index in [1.165, 1.54) is 0 Å². The number of nitrogens with zero attached hydrogens (tertiary/aromatic N) is 2. The molecule has 2 heterocycles. The van der Waals surface area contributed by atoms with E-state index in [0.717, 1.165) is 11.5 Å². The molecule has 1 aliphatic heterocycles. The number of hydrogen-bond donors (Lipinski definition) is 1. The molecule has 0 aromatic carbocycles. The highest BCUT2D eigenvalue weighted by molar-refractivity contribution is 5.89. The van der Waals surface area contributed by atoms with Gasteiger partial charge in [-0.15, -0.1) is 0 Å². The summed E-state index contributed by atoms with van der Waals surface area (Å²) in [7, 11) is 0. The van der Waals surface area contributed by atoms with E-state index in [2.05, 4.69) is 10.3 Å². The lowest BCUT2D eigenvalue weighted by atomic mass is 10.3. The number of aromatic nitrogens is 1. The molecule has 18 heavy (non-hydrogen) atoms. The van der Waals surface area contributed by atoms with Gasteiger partial charge in [0.1, 0.15) is 11.8 Å². The number of nitrogens with one attached hydrogen (secondary N) is 1. The lowest BCUT2D eigenvalue weighted by Gasteiger charge is -2.20. The van der Waals surface area contributed by atoms with Gasteiger partial charge in [-0.25, -0.2) is 4.98 Å². The number of carbonyl (C=O) groups is 2. The topological polar surface area (TPSA) is 75.4 Å². The van der Waals surface area contributed by atoms with Gasteiger partial charge in [-0.05, 0) is 20.8 Å². The van der Waals surface area contributed by atoms with E-state index < -0.39 is 6.04 Å². The van der Waals surface area contributed by atoms with Crippen molar-refractivity contribution >= 4 is 11.8 Å². The minimum absolute atomic E-state index is 0.0990. The Hall–Kier alpha value is -1.85. The second-order valence-electron chi connectivity index (χ2n) is 4.55. The Balaban J connectivity index is 2.12. The summed E-state index contributed by atoms with van der Waals surface area (Å²) in [6.45, 7) is 6.09.